The van der Waals surface area contributed by atoms with E-state index >= 15 is 0 Å². The Bertz CT molecular complexity index is 1110. The second kappa shape index (κ2) is 6.02. The maximum absolute atomic E-state index is 13.1. The zero-order valence-electron chi connectivity index (χ0n) is 17.4. The first-order chi connectivity index (χ1) is 13.8. The molecule has 3 heterocycles. The van der Waals surface area contributed by atoms with E-state index in [2.05, 4.69) is 65.6 Å². The van der Waals surface area contributed by atoms with Crippen molar-refractivity contribution in [2.75, 3.05) is 11.9 Å². The second-order valence-electron chi connectivity index (χ2n) is 9.16. The fraction of sp³-hybridized carbons (Fsp3) is 0.375. The molecule has 1 amide bonds. The van der Waals surface area contributed by atoms with E-state index in [4.69, 9.17) is 4.74 Å². The van der Waals surface area contributed by atoms with Gasteiger partial charge in [-0.05, 0) is 50.5 Å². The quantitative estimate of drug-likeness (QED) is 0.647. The molecule has 0 radical (unpaired) electrons. The molecule has 0 bridgehead atoms. The summed E-state index contributed by atoms with van der Waals surface area (Å²) in [6, 6.07) is 16.9. The highest BCUT2D eigenvalue weighted by atomic mass is 16.6. The highest BCUT2D eigenvalue weighted by Gasteiger charge is 2.57. The fourth-order valence-electron chi connectivity index (χ4n) is 5.10. The van der Waals surface area contributed by atoms with Crippen molar-refractivity contribution < 1.29 is 9.53 Å². The van der Waals surface area contributed by atoms with Crippen molar-refractivity contribution in [1.29, 1.82) is 0 Å². The lowest BCUT2D eigenvalue weighted by atomic mass is 9.73. The van der Waals surface area contributed by atoms with Gasteiger partial charge in [0.2, 0.25) is 0 Å². The van der Waals surface area contributed by atoms with E-state index in [9.17, 15) is 4.79 Å². The van der Waals surface area contributed by atoms with Gasteiger partial charge in [-0.25, -0.2) is 4.79 Å². The number of hydrogen-bond donors (Lipinski definition) is 1. The molecule has 2 atom stereocenters. The summed E-state index contributed by atoms with van der Waals surface area (Å²) in [4.78, 5) is 14.9. The van der Waals surface area contributed by atoms with Crippen LogP contribution in [0.2, 0.25) is 0 Å². The van der Waals surface area contributed by atoms with Crippen LogP contribution in [-0.2, 0) is 17.2 Å². The number of benzene rings is 2. The minimum absolute atomic E-state index is 0.166. The molecule has 2 aliphatic heterocycles. The third-order valence-corrected chi connectivity index (χ3v) is 6.23. The van der Waals surface area contributed by atoms with Gasteiger partial charge >= 0.3 is 6.09 Å². The van der Waals surface area contributed by atoms with Crippen LogP contribution >= 0.6 is 0 Å². The van der Waals surface area contributed by atoms with Gasteiger partial charge in [0.1, 0.15) is 11.8 Å². The van der Waals surface area contributed by atoms with Crippen molar-refractivity contribution in [1.82, 2.24) is 9.47 Å². The largest absolute Gasteiger partial charge is 0.444 e. The number of fused-ring (bicyclic) bond motifs is 4. The van der Waals surface area contributed by atoms with Crippen LogP contribution in [0.1, 0.15) is 38.3 Å². The number of rotatable bonds is 1. The molecule has 0 spiro atoms. The van der Waals surface area contributed by atoms with E-state index in [1.54, 1.807) is 0 Å². The maximum Gasteiger partial charge on any atom is 0.411 e. The predicted molar refractivity (Wildman–Crippen MR) is 115 cm³/mol. The van der Waals surface area contributed by atoms with Gasteiger partial charge in [-0.3, -0.25) is 4.90 Å². The second-order valence-corrected chi connectivity index (χ2v) is 9.16. The summed E-state index contributed by atoms with van der Waals surface area (Å²) in [5.74, 6) is 0. The highest BCUT2D eigenvalue weighted by Crippen LogP contribution is 2.54. The summed E-state index contributed by atoms with van der Waals surface area (Å²) in [5.41, 5.74) is 4.01. The summed E-state index contributed by atoms with van der Waals surface area (Å²) in [6.07, 6.45) is 2.67. The smallest absolute Gasteiger partial charge is 0.411 e. The number of para-hydroxylation sites is 2. The Balaban J connectivity index is 1.69. The van der Waals surface area contributed by atoms with Crippen molar-refractivity contribution >= 4 is 22.7 Å². The molecular weight excluding hydrogens is 362 g/mol. The summed E-state index contributed by atoms with van der Waals surface area (Å²) in [6.45, 7) is 6.39. The van der Waals surface area contributed by atoms with Crippen LogP contribution in [0.5, 0.6) is 0 Å². The zero-order valence-corrected chi connectivity index (χ0v) is 17.4. The molecule has 1 N–H and O–H groups in total. The number of nitrogens with one attached hydrogen (secondary N) is 1. The fourth-order valence-corrected chi connectivity index (χ4v) is 5.10. The van der Waals surface area contributed by atoms with Crippen molar-refractivity contribution in [2.45, 2.75) is 44.4 Å². The third kappa shape index (κ3) is 2.56. The van der Waals surface area contributed by atoms with Gasteiger partial charge in [-0.1, -0.05) is 36.4 Å². The van der Waals surface area contributed by atoms with E-state index in [1.807, 2.05) is 31.7 Å². The SMILES string of the molecule is Cn1cc([C@@]23CCN(C(=O)OC(C)(C)C)[C@@H]2Nc2ccccc23)c2ccccc21. The van der Waals surface area contributed by atoms with Crippen molar-refractivity contribution in [2.24, 2.45) is 7.05 Å². The number of aromatic nitrogens is 1. The van der Waals surface area contributed by atoms with Gasteiger partial charge in [0.15, 0.2) is 0 Å². The molecule has 5 rings (SSSR count). The molecule has 0 unspecified atom stereocenters. The predicted octanol–water partition coefficient (Wildman–Crippen LogP) is 4.86. The van der Waals surface area contributed by atoms with E-state index in [0.717, 1.165) is 12.1 Å². The molecular formula is C24H27N3O2. The Morgan fingerprint density at radius 2 is 1.83 bits per heavy atom. The molecule has 0 aliphatic carbocycles. The number of likely N-dealkylation sites (tertiary alicyclic amines) is 1. The normalized spacial score (nSPS) is 23.0. The molecule has 2 aliphatic rings. The monoisotopic (exact) mass is 389 g/mol. The standard InChI is InChI=1S/C24H27N3O2/c1-23(2,3)29-22(28)27-14-13-24(17-10-6-7-11-19(17)25-21(24)27)18-15-26(4)20-12-8-5-9-16(18)20/h5-12,15,21,25H,13-14H2,1-4H3/t21-,24-/m0/s1. The van der Waals surface area contributed by atoms with E-state index < -0.39 is 5.60 Å². The first-order valence-corrected chi connectivity index (χ1v) is 10.2. The van der Waals surface area contributed by atoms with Crippen LogP contribution in [-0.4, -0.2) is 33.9 Å². The van der Waals surface area contributed by atoms with Crippen LogP contribution < -0.4 is 5.32 Å². The molecule has 3 aromatic rings. The molecule has 5 nitrogen and oxygen atoms in total. The van der Waals surface area contributed by atoms with Gasteiger partial charge in [0.05, 0.1) is 5.41 Å². The van der Waals surface area contributed by atoms with Gasteiger partial charge in [0, 0.05) is 36.4 Å². The number of anilines is 1. The summed E-state index contributed by atoms with van der Waals surface area (Å²) in [7, 11) is 2.09. The molecule has 1 fully saturated rings. The highest BCUT2D eigenvalue weighted by molar-refractivity contribution is 5.88. The third-order valence-electron chi connectivity index (χ3n) is 6.23. The summed E-state index contributed by atoms with van der Waals surface area (Å²) >= 11 is 0. The number of amides is 1. The summed E-state index contributed by atoms with van der Waals surface area (Å²) in [5, 5.41) is 4.88. The number of ether oxygens (including phenoxy) is 1. The minimum atomic E-state index is -0.521. The van der Waals surface area contributed by atoms with E-state index in [0.29, 0.717) is 6.54 Å². The number of aryl methyl sites for hydroxylation is 1. The lowest BCUT2D eigenvalue weighted by Gasteiger charge is -2.33. The topological polar surface area (TPSA) is 46.5 Å². The van der Waals surface area contributed by atoms with Gasteiger partial charge in [-0.2, -0.15) is 0 Å². The minimum Gasteiger partial charge on any atom is -0.444 e. The van der Waals surface area contributed by atoms with Gasteiger partial charge in [-0.15, -0.1) is 0 Å². The van der Waals surface area contributed by atoms with E-state index in [-0.39, 0.29) is 17.7 Å². The van der Waals surface area contributed by atoms with Gasteiger partial charge in [0.25, 0.3) is 0 Å². The first kappa shape index (κ1) is 18.1. The van der Waals surface area contributed by atoms with Crippen LogP contribution in [0, 0.1) is 0 Å². The first-order valence-electron chi connectivity index (χ1n) is 10.2. The lowest BCUT2D eigenvalue weighted by Crippen LogP contribution is -2.48. The maximum atomic E-state index is 13.1. The molecule has 1 saturated heterocycles. The van der Waals surface area contributed by atoms with Crippen molar-refractivity contribution in [3.63, 3.8) is 0 Å². The molecule has 150 valence electrons. The van der Waals surface area contributed by atoms with Crippen LogP contribution in [0.25, 0.3) is 10.9 Å². The van der Waals surface area contributed by atoms with Crippen LogP contribution in [0.3, 0.4) is 0 Å². The Hall–Kier alpha value is -2.95. The van der Waals surface area contributed by atoms with Crippen molar-refractivity contribution in [3.8, 4) is 0 Å². The molecule has 29 heavy (non-hydrogen) atoms. The Kier molecular flexibility index (Phi) is 3.76. The summed E-state index contributed by atoms with van der Waals surface area (Å²) < 4.78 is 7.93. The van der Waals surface area contributed by atoms with Crippen LogP contribution in [0.4, 0.5) is 10.5 Å². The van der Waals surface area contributed by atoms with Crippen molar-refractivity contribution in [3.05, 3.63) is 65.9 Å². The average Bonchev–Trinajstić information content (AvgIpc) is 3.30. The van der Waals surface area contributed by atoms with Crippen LogP contribution in [0.15, 0.2) is 54.7 Å². The number of carbonyl (C=O) groups excluding carboxylic acids is 1. The zero-order chi connectivity index (χ0) is 20.4. The van der Waals surface area contributed by atoms with E-state index in [1.165, 1.54) is 22.0 Å². The van der Waals surface area contributed by atoms with Gasteiger partial charge < -0.3 is 14.6 Å². The number of carbonyl (C=O) groups is 1. The number of hydrogen-bond acceptors (Lipinski definition) is 3. The Morgan fingerprint density at radius 1 is 1.10 bits per heavy atom. The molecule has 1 aromatic heterocycles. The lowest BCUT2D eigenvalue weighted by molar-refractivity contribution is 0.0232. The Morgan fingerprint density at radius 3 is 2.62 bits per heavy atom. The number of nitrogens with zero attached hydrogens (tertiary/aromatic N) is 2. The average molecular weight is 389 g/mol. The molecule has 2 aromatic carbocycles. The molecule has 5 heteroatoms. The molecule has 0 saturated carbocycles. The Labute approximate surface area is 171 Å².